The molecule has 2 unspecified atom stereocenters. The van der Waals surface area contributed by atoms with E-state index in [1.165, 1.54) is 11.8 Å². The molecule has 0 spiro atoms. The fraction of sp³-hybridized carbons (Fsp3) is 0.667. The van der Waals surface area contributed by atoms with Gasteiger partial charge in [0, 0.05) is 20.0 Å². The lowest BCUT2D eigenvalue weighted by Crippen LogP contribution is -2.49. The largest absolute Gasteiger partial charge is 0.481 e. The highest BCUT2D eigenvalue weighted by molar-refractivity contribution is 5.88. The summed E-state index contributed by atoms with van der Waals surface area (Å²) in [7, 11) is 0. The van der Waals surface area contributed by atoms with E-state index < -0.39 is 36.2 Å². The first-order valence-electron chi connectivity index (χ1n) is 6.31. The second-order valence-corrected chi connectivity index (χ2v) is 4.80. The standard InChI is InChI=1S/C12H18N2O6/c1-7(15)14-4-2-3-8(6-14)11(18)13-9(12(19)20)5-10(16)17/h8-9H,2-6H2,1H3,(H,13,18)(H,16,17)(H,19,20). The van der Waals surface area contributed by atoms with Gasteiger partial charge in [0.15, 0.2) is 0 Å². The van der Waals surface area contributed by atoms with Crippen LogP contribution in [0.1, 0.15) is 26.2 Å². The van der Waals surface area contributed by atoms with E-state index in [9.17, 15) is 19.2 Å². The minimum absolute atomic E-state index is 0.136. The Balaban J connectivity index is 2.61. The van der Waals surface area contributed by atoms with E-state index in [1.54, 1.807) is 0 Å². The maximum Gasteiger partial charge on any atom is 0.326 e. The van der Waals surface area contributed by atoms with E-state index >= 15 is 0 Å². The second-order valence-electron chi connectivity index (χ2n) is 4.80. The molecule has 8 heteroatoms. The first-order valence-corrected chi connectivity index (χ1v) is 6.31. The molecule has 0 aromatic heterocycles. The minimum Gasteiger partial charge on any atom is -0.481 e. The topological polar surface area (TPSA) is 124 Å². The molecule has 0 bridgehead atoms. The minimum atomic E-state index is -1.45. The van der Waals surface area contributed by atoms with Gasteiger partial charge in [0.05, 0.1) is 12.3 Å². The van der Waals surface area contributed by atoms with Crippen molar-refractivity contribution in [1.29, 1.82) is 0 Å². The summed E-state index contributed by atoms with van der Waals surface area (Å²) in [6.45, 7) is 2.22. The summed E-state index contributed by atoms with van der Waals surface area (Å²) in [6.07, 6.45) is 0.535. The molecule has 8 nitrogen and oxygen atoms in total. The van der Waals surface area contributed by atoms with Crippen LogP contribution in [0.2, 0.25) is 0 Å². The SMILES string of the molecule is CC(=O)N1CCCC(C(=O)NC(CC(=O)O)C(=O)O)C1. The van der Waals surface area contributed by atoms with E-state index in [0.717, 1.165) is 0 Å². The Morgan fingerprint density at radius 2 is 1.95 bits per heavy atom. The average Bonchev–Trinajstić information content (AvgIpc) is 2.37. The Morgan fingerprint density at radius 3 is 2.45 bits per heavy atom. The van der Waals surface area contributed by atoms with Crippen LogP contribution in [0.4, 0.5) is 0 Å². The van der Waals surface area contributed by atoms with Crippen molar-refractivity contribution >= 4 is 23.8 Å². The molecule has 20 heavy (non-hydrogen) atoms. The van der Waals surface area contributed by atoms with Crippen molar-refractivity contribution in [3.05, 3.63) is 0 Å². The van der Waals surface area contributed by atoms with Gasteiger partial charge in [-0.15, -0.1) is 0 Å². The average molecular weight is 286 g/mol. The van der Waals surface area contributed by atoms with Crippen LogP contribution in [-0.4, -0.2) is 58.0 Å². The van der Waals surface area contributed by atoms with Crippen molar-refractivity contribution in [2.24, 2.45) is 5.92 Å². The van der Waals surface area contributed by atoms with Gasteiger partial charge < -0.3 is 20.4 Å². The smallest absolute Gasteiger partial charge is 0.326 e. The summed E-state index contributed by atoms with van der Waals surface area (Å²) in [4.78, 5) is 46.2. The number of hydrogen-bond acceptors (Lipinski definition) is 4. The predicted molar refractivity (Wildman–Crippen MR) is 66.8 cm³/mol. The number of piperidine rings is 1. The highest BCUT2D eigenvalue weighted by Gasteiger charge is 2.30. The van der Waals surface area contributed by atoms with Crippen molar-refractivity contribution in [2.75, 3.05) is 13.1 Å². The van der Waals surface area contributed by atoms with E-state index in [-0.39, 0.29) is 12.5 Å². The Kier molecular flexibility index (Phi) is 5.48. The van der Waals surface area contributed by atoms with Crippen LogP contribution >= 0.6 is 0 Å². The number of nitrogens with one attached hydrogen (secondary N) is 1. The number of carboxylic acids is 2. The lowest BCUT2D eigenvalue weighted by molar-refractivity contribution is -0.148. The zero-order valence-corrected chi connectivity index (χ0v) is 11.2. The third-order valence-electron chi connectivity index (χ3n) is 3.23. The second kappa shape index (κ2) is 6.88. The van der Waals surface area contributed by atoms with Crippen molar-refractivity contribution < 1.29 is 29.4 Å². The van der Waals surface area contributed by atoms with Crippen molar-refractivity contribution in [2.45, 2.75) is 32.2 Å². The zero-order chi connectivity index (χ0) is 15.3. The van der Waals surface area contributed by atoms with Crippen molar-refractivity contribution in [1.82, 2.24) is 10.2 Å². The molecule has 0 aliphatic carbocycles. The molecular formula is C12H18N2O6. The molecule has 0 aromatic rings. The van der Waals surface area contributed by atoms with Crippen LogP contribution in [0, 0.1) is 5.92 Å². The highest BCUT2D eigenvalue weighted by atomic mass is 16.4. The lowest BCUT2D eigenvalue weighted by atomic mass is 9.96. The number of hydrogen-bond donors (Lipinski definition) is 3. The third kappa shape index (κ3) is 4.52. The summed E-state index contributed by atoms with van der Waals surface area (Å²) >= 11 is 0. The number of carbonyl (C=O) groups excluding carboxylic acids is 2. The molecule has 0 aromatic carbocycles. The molecule has 112 valence electrons. The number of aliphatic carboxylic acids is 2. The first kappa shape index (κ1) is 15.9. The van der Waals surface area contributed by atoms with Crippen LogP contribution in [0.3, 0.4) is 0 Å². The number of likely N-dealkylation sites (tertiary alicyclic amines) is 1. The molecule has 1 heterocycles. The monoisotopic (exact) mass is 286 g/mol. The van der Waals surface area contributed by atoms with E-state index in [0.29, 0.717) is 19.4 Å². The van der Waals surface area contributed by atoms with Gasteiger partial charge in [-0.25, -0.2) is 4.79 Å². The number of carbonyl (C=O) groups is 4. The Hall–Kier alpha value is -2.12. The molecular weight excluding hydrogens is 268 g/mol. The molecule has 0 radical (unpaired) electrons. The van der Waals surface area contributed by atoms with Crippen LogP contribution in [0.15, 0.2) is 0 Å². The number of rotatable bonds is 5. The van der Waals surface area contributed by atoms with Crippen LogP contribution in [0.5, 0.6) is 0 Å². The number of amides is 2. The molecule has 2 amide bonds. The van der Waals surface area contributed by atoms with Crippen molar-refractivity contribution in [3.8, 4) is 0 Å². The number of carboxylic acid groups (broad SMARTS) is 2. The van der Waals surface area contributed by atoms with Gasteiger partial charge in [-0.2, -0.15) is 0 Å². The van der Waals surface area contributed by atoms with Gasteiger partial charge >= 0.3 is 11.9 Å². The Labute approximate surface area is 115 Å². The van der Waals surface area contributed by atoms with Crippen LogP contribution in [-0.2, 0) is 19.2 Å². The Bertz CT molecular complexity index is 422. The lowest BCUT2D eigenvalue weighted by Gasteiger charge is -2.31. The van der Waals surface area contributed by atoms with Gasteiger partial charge in [-0.1, -0.05) is 0 Å². The first-order chi connectivity index (χ1) is 9.31. The van der Waals surface area contributed by atoms with Gasteiger partial charge in [-0.05, 0) is 12.8 Å². The molecule has 0 saturated carbocycles. The van der Waals surface area contributed by atoms with Crippen LogP contribution < -0.4 is 5.32 Å². The fourth-order valence-corrected chi connectivity index (χ4v) is 2.14. The summed E-state index contributed by atoms with van der Waals surface area (Å²) in [6, 6.07) is -1.45. The molecule has 1 aliphatic rings. The molecule has 1 aliphatic heterocycles. The zero-order valence-electron chi connectivity index (χ0n) is 11.2. The number of nitrogens with zero attached hydrogens (tertiary/aromatic N) is 1. The summed E-state index contributed by atoms with van der Waals surface area (Å²) in [5.74, 6) is -3.84. The molecule has 2 atom stereocenters. The maximum absolute atomic E-state index is 12.0. The van der Waals surface area contributed by atoms with Gasteiger partial charge in [-0.3, -0.25) is 14.4 Å². The highest BCUT2D eigenvalue weighted by Crippen LogP contribution is 2.17. The molecule has 1 saturated heterocycles. The summed E-state index contributed by atoms with van der Waals surface area (Å²) < 4.78 is 0. The van der Waals surface area contributed by atoms with Crippen LogP contribution in [0.25, 0.3) is 0 Å². The van der Waals surface area contributed by atoms with Gasteiger partial charge in [0.1, 0.15) is 6.04 Å². The van der Waals surface area contributed by atoms with Gasteiger partial charge in [0.25, 0.3) is 0 Å². The summed E-state index contributed by atoms with van der Waals surface area (Å²) in [5.41, 5.74) is 0. The Morgan fingerprint density at radius 1 is 1.30 bits per heavy atom. The predicted octanol–water partition coefficient (Wildman–Crippen LogP) is -0.711. The third-order valence-corrected chi connectivity index (χ3v) is 3.23. The molecule has 1 fully saturated rings. The van der Waals surface area contributed by atoms with Crippen molar-refractivity contribution in [3.63, 3.8) is 0 Å². The van der Waals surface area contributed by atoms with E-state index in [4.69, 9.17) is 10.2 Å². The molecule has 1 rings (SSSR count). The summed E-state index contributed by atoms with van der Waals surface area (Å²) in [5, 5.41) is 19.7. The van der Waals surface area contributed by atoms with E-state index in [2.05, 4.69) is 5.32 Å². The molecule has 3 N–H and O–H groups in total. The normalized spacial score (nSPS) is 20.1. The fourth-order valence-electron chi connectivity index (χ4n) is 2.14. The quantitative estimate of drug-likeness (QED) is 0.613. The van der Waals surface area contributed by atoms with E-state index in [1.807, 2.05) is 0 Å². The maximum atomic E-state index is 12.0. The van der Waals surface area contributed by atoms with Gasteiger partial charge in [0.2, 0.25) is 11.8 Å².